The van der Waals surface area contributed by atoms with E-state index in [1.807, 2.05) is 30.3 Å². The molecule has 1 fully saturated rings. The lowest BCUT2D eigenvalue weighted by atomic mass is 10.2. The Labute approximate surface area is 124 Å². The molecule has 0 unspecified atom stereocenters. The summed E-state index contributed by atoms with van der Waals surface area (Å²) in [6, 6.07) is 14.7. The van der Waals surface area contributed by atoms with Crippen molar-refractivity contribution in [3.8, 4) is 0 Å². The molecule has 0 amide bonds. The van der Waals surface area contributed by atoms with Gasteiger partial charge in [-0.3, -0.25) is 0 Å². The van der Waals surface area contributed by atoms with Crippen molar-refractivity contribution in [3.63, 3.8) is 0 Å². The molecule has 2 aromatic rings. The highest BCUT2D eigenvalue weighted by Crippen LogP contribution is 2.33. The summed E-state index contributed by atoms with van der Waals surface area (Å²) in [6.45, 7) is 0.324. The van der Waals surface area contributed by atoms with Crippen LogP contribution < -0.4 is 0 Å². The van der Waals surface area contributed by atoms with E-state index < -0.39 is 15.8 Å². The van der Waals surface area contributed by atoms with Crippen molar-refractivity contribution >= 4 is 10.0 Å². The van der Waals surface area contributed by atoms with Gasteiger partial charge in [0, 0.05) is 12.6 Å². The summed E-state index contributed by atoms with van der Waals surface area (Å²) < 4.78 is 40.3. The Morgan fingerprint density at radius 2 is 1.76 bits per heavy atom. The fourth-order valence-electron chi connectivity index (χ4n) is 2.30. The van der Waals surface area contributed by atoms with Crippen LogP contribution in [0.4, 0.5) is 4.39 Å². The van der Waals surface area contributed by atoms with E-state index in [1.165, 1.54) is 22.5 Å². The van der Waals surface area contributed by atoms with Crippen LogP contribution in [0.5, 0.6) is 0 Å². The first kappa shape index (κ1) is 14.2. The number of hydrogen-bond acceptors (Lipinski definition) is 2. The van der Waals surface area contributed by atoms with Crippen molar-refractivity contribution in [2.24, 2.45) is 0 Å². The quantitative estimate of drug-likeness (QED) is 0.851. The first-order valence-electron chi connectivity index (χ1n) is 6.89. The second kappa shape index (κ2) is 5.58. The molecular weight excluding hydrogens is 289 g/mol. The highest BCUT2D eigenvalue weighted by Gasteiger charge is 2.38. The highest BCUT2D eigenvalue weighted by atomic mass is 32.2. The summed E-state index contributed by atoms with van der Waals surface area (Å²) in [5.41, 5.74) is 0.935. The first-order valence-corrected chi connectivity index (χ1v) is 8.33. The largest absolute Gasteiger partial charge is 0.243 e. The van der Waals surface area contributed by atoms with Crippen LogP contribution in [-0.4, -0.2) is 18.8 Å². The van der Waals surface area contributed by atoms with Crippen molar-refractivity contribution in [3.05, 3.63) is 66.0 Å². The molecule has 0 bridgehead atoms. The van der Waals surface area contributed by atoms with Crippen LogP contribution >= 0.6 is 0 Å². The molecule has 0 saturated heterocycles. The van der Waals surface area contributed by atoms with Gasteiger partial charge in [0.25, 0.3) is 0 Å². The van der Waals surface area contributed by atoms with Gasteiger partial charge < -0.3 is 0 Å². The third kappa shape index (κ3) is 3.14. The lowest BCUT2D eigenvalue weighted by Crippen LogP contribution is -2.32. The topological polar surface area (TPSA) is 37.4 Å². The van der Waals surface area contributed by atoms with E-state index in [0.717, 1.165) is 24.5 Å². The van der Waals surface area contributed by atoms with Gasteiger partial charge in [0.2, 0.25) is 10.0 Å². The number of halogens is 1. The zero-order valence-corrected chi connectivity index (χ0v) is 12.3. The molecule has 1 saturated carbocycles. The molecule has 1 aliphatic rings. The van der Waals surface area contributed by atoms with E-state index in [-0.39, 0.29) is 10.9 Å². The molecule has 3 nitrogen and oxygen atoms in total. The Bertz CT molecular complexity index is 727. The molecule has 0 heterocycles. The summed E-state index contributed by atoms with van der Waals surface area (Å²) in [4.78, 5) is 0.0188. The van der Waals surface area contributed by atoms with E-state index in [1.54, 1.807) is 0 Å². The van der Waals surface area contributed by atoms with E-state index in [4.69, 9.17) is 0 Å². The van der Waals surface area contributed by atoms with Gasteiger partial charge in [-0.25, -0.2) is 12.8 Å². The zero-order chi connectivity index (χ0) is 14.9. The summed E-state index contributed by atoms with van der Waals surface area (Å²) in [6.07, 6.45) is 1.72. The average Bonchev–Trinajstić information content (AvgIpc) is 3.30. The van der Waals surface area contributed by atoms with Gasteiger partial charge in [-0.15, -0.1) is 0 Å². The minimum atomic E-state index is -3.67. The van der Waals surface area contributed by atoms with Crippen LogP contribution in [0.15, 0.2) is 59.5 Å². The molecule has 0 spiro atoms. The lowest BCUT2D eigenvalue weighted by molar-refractivity contribution is 0.398. The van der Waals surface area contributed by atoms with E-state index in [9.17, 15) is 12.8 Å². The number of hydrogen-bond donors (Lipinski definition) is 0. The molecule has 5 heteroatoms. The van der Waals surface area contributed by atoms with Gasteiger partial charge in [-0.1, -0.05) is 36.4 Å². The number of sulfonamides is 1. The average molecular weight is 305 g/mol. The molecule has 0 N–H and O–H groups in total. The minimum Gasteiger partial charge on any atom is -0.207 e. The summed E-state index contributed by atoms with van der Waals surface area (Å²) in [7, 11) is -3.67. The third-order valence-corrected chi connectivity index (χ3v) is 5.43. The van der Waals surface area contributed by atoms with Crippen LogP contribution in [0.1, 0.15) is 18.4 Å². The first-order chi connectivity index (χ1) is 10.1. The fraction of sp³-hybridized carbons (Fsp3) is 0.250. The molecule has 21 heavy (non-hydrogen) atoms. The van der Waals surface area contributed by atoms with Crippen molar-refractivity contribution in [1.82, 2.24) is 4.31 Å². The van der Waals surface area contributed by atoms with Crippen molar-refractivity contribution in [1.29, 1.82) is 0 Å². The SMILES string of the molecule is O=S(=O)(c1cccc(F)c1)N(Cc1ccccc1)C1CC1. The Kier molecular flexibility index (Phi) is 3.78. The second-order valence-corrected chi connectivity index (χ2v) is 7.11. The van der Waals surface area contributed by atoms with Crippen LogP contribution in [-0.2, 0) is 16.6 Å². The molecular formula is C16H16FNO2S. The predicted molar refractivity (Wildman–Crippen MR) is 78.6 cm³/mol. The van der Waals surface area contributed by atoms with Crippen LogP contribution in [0.25, 0.3) is 0 Å². The molecule has 3 rings (SSSR count). The highest BCUT2D eigenvalue weighted by molar-refractivity contribution is 7.89. The Morgan fingerprint density at radius 3 is 2.38 bits per heavy atom. The second-order valence-electron chi connectivity index (χ2n) is 5.22. The molecule has 110 valence electrons. The van der Waals surface area contributed by atoms with Crippen molar-refractivity contribution < 1.29 is 12.8 Å². The monoisotopic (exact) mass is 305 g/mol. The van der Waals surface area contributed by atoms with E-state index in [0.29, 0.717) is 6.54 Å². The lowest BCUT2D eigenvalue weighted by Gasteiger charge is -2.22. The summed E-state index contributed by atoms with van der Waals surface area (Å²) >= 11 is 0. The number of rotatable bonds is 5. The fourth-order valence-corrected chi connectivity index (χ4v) is 4.00. The maximum Gasteiger partial charge on any atom is 0.243 e. The van der Waals surface area contributed by atoms with E-state index >= 15 is 0 Å². The Hall–Kier alpha value is -1.72. The minimum absolute atomic E-state index is 0.0188. The molecule has 2 aromatic carbocycles. The summed E-state index contributed by atoms with van der Waals surface area (Å²) in [5, 5.41) is 0. The van der Waals surface area contributed by atoms with Gasteiger partial charge in [0.1, 0.15) is 5.82 Å². The van der Waals surface area contributed by atoms with Gasteiger partial charge in [0.05, 0.1) is 4.90 Å². The normalized spacial score (nSPS) is 15.3. The van der Waals surface area contributed by atoms with Gasteiger partial charge in [0.15, 0.2) is 0 Å². The maximum absolute atomic E-state index is 13.3. The molecule has 0 aliphatic heterocycles. The Morgan fingerprint density at radius 1 is 1.05 bits per heavy atom. The van der Waals surface area contributed by atoms with E-state index in [2.05, 4.69) is 0 Å². The van der Waals surface area contributed by atoms with Gasteiger partial charge >= 0.3 is 0 Å². The van der Waals surface area contributed by atoms with Crippen molar-refractivity contribution in [2.45, 2.75) is 30.3 Å². The molecule has 1 aliphatic carbocycles. The standard InChI is InChI=1S/C16H16FNO2S/c17-14-7-4-8-16(11-14)21(19,20)18(15-9-10-15)12-13-5-2-1-3-6-13/h1-8,11,15H,9-10,12H2. The van der Waals surface area contributed by atoms with Crippen molar-refractivity contribution in [2.75, 3.05) is 0 Å². The van der Waals surface area contributed by atoms with Gasteiger partial charge in [-0.05, 0) is 36.6 Å². The number of nitrogens with zero attached hydrogens (tertiary/aromatic N) is 1. The Balaban J connectivity index is 1.93. The van der Waals surface area contributed by atoms with Crippen LogP contribution in [0.3, 0.4) is 0 Å². The maximum atomic E-state index is 13.3. The third-order valence-electron chi connectivity index (χ3n) is 3.54. The zero-order valence-electron chi connectivity index (χ0n) is 11.4. The van der Waals surface area contributed by atoms with Crippen LogP contribution in [0.2, 0.25) is 0 Å². The molecule has 0 aromatic heterocycles. The molecule has 0 atom stereocenters. The van der Waals surface area contributed by atoms with Crippen LogP contribution in [0, 0.1) is 5.82 Å². The van der Waals surface area contributed by atoms with Gasteiger partial charge in [-0.2, -0.15) is 4.31 Å². The predicted octanol–water partition coefficient (Wildman–Crippen LogP) is 3.18. The number of benzene rings is 2. The molecule has 0 radical (unpaired) electrons. The smallest absolute Gasteiger partial charge is 0.207 e. The summed E-state index contributed by atoms with van der Waals surface area (Å²) in [5.74, 6) is -0.536.